The summed E-state index contributed by atoms with van der Waals surface area (Å²) in [6.45, 7) is 4.27. The molecular weight excluding hydrogens is 222 g/mol. The number of carbonyl (C=O) groups is 2. The molecule has 1 aliphatic heterocycles. The van der Waals surface area contributed by atoms with E-state index in [-0.39, 0.29) is 18.5 Å². The highest BCUT2D eigenvalue weighted by molar-refractivity contribution is 5.77. The lowest BCUT2D eigenvalue weighted by molar-refractivity contribution is -0.120. The van der Waals surface area contributed by atoms with Crippen LogP contribution in [0, 0.1) is 5.92 Å². The molecule has 0 aromatic carbocycles. The highest BCUT2D eigenvalue weighted by Crippen LogP contribution is 2.16. The predicted molar refractivity (Wildman–Crippen MR) is 63.4 cm³/mol. The van der Waals surface area contributed by atoms with Crippen molar-refractivity contribution >= 4 is 12.0 Å². The first-order valence-corrected chi connectivity index (χ1v) is 6.05. The van der Waals surface area contributed by atoms with Gasteiger partial charge in [-0.15, -0.1) is 0 Å². The zero-order valence-corrected chi connectivity index (χ0v) is 10.3. The highest BCUT2D eigenvalue weighted by Gasteiger charge is 2.23. The molecule has 0 aliphatic carbocycles. The molecule has 0 atom stereocenters. The standard InChI is InChI=1S/C11H21N3O3/c1-2-17-11(16)14-5-3-9(4-6-14)8-13-10(15)7-12/h9H,2-8,12H2,1H3,(H,13,15). The van der Waals surface area contributed by atoms with Crippen molar-refractivity contribution in [1.82, 2.24) is 10.2 Å². The van der Waals surface area contributed by atoms with Crippen molar-refractivity contribution in [2.75, 3.05) is 32.8 Å². The molecule has 0 aromatic rings. The van der Waals surface area contributed by atoms with Crippen molar-refractivity contribution in [2.24, 2.45) is 11.7 Å². The van der Waals surface area contributed by atoms with E-state index in [1.165, 1.54) is 0 Å². The Morgan fingerprint density at radius 1 is 1.41 bits per heavy atom. The number of ether oxygens (including phenoxy) is 1. The molecule has 1 heterocycles. The summed E-state index contributed by atoms with van der Waals surface area (Å²) < 4.78 is 4.93. The fourth-order valence-corrected chi connectivity index (χ4v) is 1.86. The van der Waals surface area contributed by atoms with Crippen LogP contribution in [0.3, 0.4) is 0 Å². The van der Waals surface area contributed by atoms with Crippen LogP contribution < -0.4 is 11.1 Å². The lowest BCUT2D eigenvalue weighted by Crippen LogP contribution is -2.42. The molecule has 0 radical (unpaired) electrons. The van der Waals surface area contributed by atoms with Gasteiger partial charge in [0.2, 0.25) is 5.91 Å². The summed E-state index contributed by atoms with van der Waals surface area (Å²) in [5.74, 6) is 0.300. The normalized spacial score (nSPS) is 16.7. The van der Waals surface area contributed by atoms with Gasteiger partial charge in [-0.3, -0.25) is 4.79 Å². The van der Waals surface area contributed by atoms with E-state index in [0.29, 0.717) is 32.2 Å². The zero-order chi connectivity index (χ0) is 12.7. The van der Waals surface area contributed by atoms with Crippen LogP contribution in [0.2, 0.25) is 0 Å². The molecule has 6 heteroatoms. The Bertz CT molecular complexity index is 263. The molecule has 17 heavy (non-hydrogen) atoms. The van der Waals surface area contributed by atoms with Crippen LogP contribution >= 0.6 is 0 Å². The Balaban J connectivity index is 2.21. The molecular formula is C11H21N3O3. The summed E-state index contributed by atoms with van der Waals surface area (Å²) in [6, 6.07) is 0. The number of amides is 2. The third-order valence-electron chi connectivity index (χ3n) is 2.91. The van der Waals surface area contributed by atoms with E-state index in [0.717, 1.165) is 12.8 Å². The van der Waals surface area contributed by atoms with E-state index >= 15 is 0 Å². The predicted octanol–water partition coefficient (Wildman–Crippen LogP) is -0.0702. The van der Waals surface area contributed by atoms with Gasteiger partial charge in [-0.05, 0) is 25.7 Å². The van der Waals surface area contributed by atoms with E-state index < -0.39 is 0 Å². The molecule has 2 amide bonds. The van der Waals surface area contributed by atoms with Gasteiger partial charge >= 0.3 is 6.09 Å². The van der Waals surface area contributed by atoms with Crippen LogP contribution in [0.1, 0.15) is 19.8 Å². The third-order valence-corrected chi connectivity index (χ3v) is 2.91. The summed E-state index contributed by atoms with van der Waals surface area (Å²) in [5, 5.41) is 2.77. The molecule has 1 aliphatic rings. The quantitative estimate of drug-likeness (QED) is 0.724. The van der Waals surface area contributed by atoms with Crippen LogP contribution in [-0.2, 0) is 9.53 Å². The minimum absolute atomic E-state index is 0.0294. The van der Waals surface area contributed by atoms with E-state index in [2.05, 4.69) is 5.32 Å². The Morgan fingerprint density at radius 2 is 2.06 bits per heavy atom. The minimum atomic E-state index is -0.239. The third kappa shape index (κ3) is 4.60. The van der Waals surface area contributed by atoms with Gasteiger partial charge in [-0.2, -0.15) is 0 Å². The Hall–Kier alpha value is -1.30. The lowest BCUT2D eigenvalue weighted by atomic mass is 9.97. The van der Waals surface area contributed by atoms with Crippen molar-refractivity contribution < 1.29 is 14.3 Å². The van der Waals surface area contributed by atoms with Crippen LogP contribution in [0.15, 0.2) is 0 Å². The average molecular weight is 243 g/mol. The van der Waals surface area contributed by atoms with Gasteiger partial charge in [0.1, 0.15) is 0 Å². The van der Waals surface area contributed by atoms with E-state index in [1.54, 1.807) is 11.8 Å². The summed E-state index contributed by atoms with van der Waals surface area (Å²) in [7, 11) is 0. The van der Waals surface area contributed by atoms with E-state index in [9.17, 15) is 9.59 Å². The van der Waals surface area contributed by atoms with Gasteiger partial charge in [0.05, 0.1) is 13.2 Å². The second kappa shape index (κ2) is 7.11. The maximum Gasteiger partial charge on any atom is 0.409 e. The monoisotopic (exact) mass is 243 g/mol. The van der Waals surface area contributed by atoms with Crippen molar-refractivity contribution in [3.05, 3.63) is 0 Å². The average Bonchev–Trinajstić information content (AvgIpc) is 2.36. The second-order valence-electron chi connectivity index (χ2n) is 4.14. The molecule has 1 saturated heterocycles. The Kier molecular flexibility index (Phi) is 5.76. The van der Waals surface area contributed by atoms with E-state index in [1.807, 2.05) is 0 Å². The fraction of sp³-hybridized carbons (Fsp3) is 0.818. The van der Waals surface area contributed by atoms with Crippen LogP contribution in [0.5, 0.6) is 0 Å². The van der Waals surface area contributed by atoms with Gasteiger partial charge in [0.15, 0.2) is 0 Å². The molecule has 3 N–H and O–H groups in total. The Labute approximate surface area is 101 Å². The minimum Gasteiger partial charge on any atom is -0.450 e. The SMILES string of the molecule is CCOC(=O)N1CCC(CNC(=O)CN)CC1. The number of nitrogens with one attached hydrogen (secondary N) is 1. The molecule has 0 unspecified atom stereocenters. The topological polar surface area (TPSA) is 84.7 Å². The maximum absolute atomic E-state index is 11.4. The van der Waals surface area contributed by atoms with E-state index in [4.69, 9.17) is 10.5 Å². The number of hydrogen-bond acceptors (Lipinski definition) is 4. The number of piperidine rings is 1. The van der Waals surface area contributed by atoms with Crippen molar-refractivity contribution in [3.63, 3.8) is 0 Å². The first kappa shape index (κ1) is 13.8. The number of nitrogens with two attached hydrogens (primary N) is 1. The number of hydrogen-bond donors (Lipinski definition) is 2. The molecule has 0 aromatic heterocycles. The first-order chi connectivity index (χ1) is 8.17. The van der Waals surface area contributed by atoms with Crippen LogP contribution in [0.25, 0.3) is 0 Å². The van der Waals surface area contributed by atoms with Crippen LogP contribution in [0.4, 0.5) is 4.79 Å². The largest absolute Gasteiger partial charge is 0.450 e. The number of likely N-dealkylation sites (tertiary alicyclic amines) is 1. The Morgan fingerprint density at radius 3 is 2.59 bits per heavy atom. The molecule has 0 spiro atoms. The number of carbonyl (C=O) groups excluding carboxylic acids is 2. The van der Waals surface area contributed by atoms with Gasteiger partial charge in [-0.25, -0.2) is 4.79 Å². The van der Waals surface area contributed by atoms with Gasteiger partial charge < -0.3 is 20.7 Å². The smallest absolute Gasteiger partial charge is 0.409 e. The highest BCUT2D eigenvalue weighted by atomic mass is 16.6. The molecule has 0 saturated carbocycles. The van der Waals surface area contributed by atoms with Gasteiger partial charge in [-0.1, -0.05) is 0 Å². The molecule has 0 bridgehead atoms. The first-order valence-electron chi connectivity index (χ1n) is 6.05. The second-order valence-corrected chi connectivity index (χ2v) is 4.14. The molecule has 98 valence electrons. The van der Waals surface area contributed by atoms with Crippen molar-refractivity contribution in [3.8, 4) is 0 Å². The maximum atomic E-state index is 11.4. The van der Waals surface area contributed by atoms with Crippen molar-refractivity contribution in [2.45, 2.75) is 19.8 Å². The number of nitrogens with zero attached hydrogens (tertiary/aromatic N) is 1. The molecule has 1 rings (SSSR count). The summed E-state index contributed by atoms with van der Waals surface area (Å²) in [5.41, 5.74) is 5.20. The molecule has 6 nitrogen and oxygen atoms in total. The van der Waals surface area contributed by atoms with Gasteiger partial charge in [0, 0.05) is 19.6 Å². The molecule has 1 fully saturated rings. The summed E-state index contributed by atoms with van der Waals surface area (Å²) >= 11 is 0. The fourth-order valence-electron chi connectivity index (χ4n) is 1.86. The summed E-state index contributed by atoms with van der Waals surface area (Å²) in [4.78, 5) is 24.1. The van der Waals surface area contributed by atoms with Crippen LogP contribution in [-0.4, -0.2) is 49.7 Å². The van der Waals surface area contributed by atoms with Gasteiger partial charge in [0.25, 0.3) is 0 Å². The zero-order valence-electron chi connectivity index (χ0n) is 10.3. The lowest BCUT2D eigenvalue weighted by Gasteiger charge is -2.31. The van der Waals surface area contributed by atoms with Crippen molar-refractivity contribution in [1.29, 1.82) is 0 Å². The number of rotatable bonds is 4. The summed E-state index contributed by atoms with van der Waals surface area (Å²) in [6.07, 6.45) is 1.55.